The Labute approximate surface area is 178 Å². The van der Waals surface area contributed by atoms with Crippen LogP contribution in [0.5, 0.6) is 0 Å². The summed E-state index contributed by atoms with van der Waals surface area (Å²) in [6, 6.07) is 6.38. The molecule has 5 nitrogen and oxygen atoms in total. The number of carboxylic acids is 1. The number of hydrogen-bond donors (Lipinski definition) is 1. The van der Waals surface area contributed by atoms with Gasteiger partial charge in [-0.15, -0.1) is 0 Å². The van der Waals surface area contributed by atoms with Crippen LogP contribution in [-0.4, -0.2) is 58.6 Å². The van der Waals surface area contributed by atoms with Crippen LogP contribution in [-0.2, 0) is 9.59 Å². The number of alkyl halides is 3. The Morgan fingerprint density at radius 2 is 1.93 bits per heavy atom. The van der Waals surface area contributed by atoms with Gasteiger partial charge in [-0.25, -0.2) is 0 Å². The summed E-state index contributed by atoms with van der Waals surface area (Å²) >= 11 is 5.99. The molecule has 1 N–H and O–H groups in total. The highest BCUT2D eigenvalue weighted by atomic mass is 35.5. The van der Waals surface area contributed by atoms with Gasteiger partial charge in [0.05, 0.1) is 24.4 Å². The Morgan fingerprint density at radius 1 is 1.27 bits per heavy atom. The first-order valence-corrected chi connectivity index (χ1v) is 10.5. The van der Waals surface area contributed by atoms with Crippen LogP contribution in [0.2, 0.25) is 5.02 Å². The van der Waals surface area contributed by atoms with Gasteiger partial charge in [-0.1, -0.05) is 30.7 Å². The molecule has 2 fully saturated rings. The zero-order valence-corrected chi connectivity index (χ0v) is 17.5. The Bertz CT molecular complexity index is 787. The first-order valence-electron chi connectivity index (χ1n) is 10.1. The van der Waals surface area contributed by atoms with Crippen LogP contribution >= 0.6 is 11.6 Å². The summed E-state index contributed by atoms with van der Waals surface area (Å²) in [5.74, 6) is -1.35. The third kappa shape index (κ3) is 5.27. The van der Waals surface area contributed by atoms with Gasteiger partial charge in [-0.2, -0.15) is 13.2 Å². The molecule has 0 radical (unpaired) electrons. The summed E-state index contributed by atoms with van der Waals surface area (Å²) in [5, 5.41) is 9.86. The van der Waals surface area contributed by atoms with Crippen LogP contribution in [0.1, 0.15) is 50.6 Å². The van der Waals surface area contributed by atoms with Crippen LogP contribution in [0.25, 0.3) is 0 Å². The SMILES string of the molecule is C[C@]1(CC(=O)O)CCC(c2ccc(Cl)cc2)N([C@H]2CCCN(CC(F)(F)F)C2)C1=O. The minimum atomic E-state index is -4.30. The second kappa shape index (κ2) is 8.75. The number of hydrogen-bond acceptors (Lipinski definition) is 3. The van der Waals surface area contributed by atoms with Gasteiger partial charge >= 0.3 is 12.1 Å². The van der Waals surface area contributed by atoms with Crippen molar-refractivity contribution in [2.45, 2.75) is 57.3 Å². The molecule has 0 spiro atoms. The molecule has 0 aliphatic carbocycles. The van der Waals surface area contributed by atoms with E-state index in [1.165, 1.54) is 4.90 Å². The molecule has 166 valence electrons. The van der Waals surface area contributed by atoms with E-state index in [0.29, 0.717) is 37.3 Å². The van der Waals surface area contributed by atoms with Gasteiger partial charge in [0.25, 0.3) is 0 Å². The molecule has 2 aliphatic rings. The smallest absolute Gasteiger partial charge is 0.401 e. The number of amides is 1. The van der Waals surface area contributed by atoms with E-state index in [1.807, 2.05) is 12.1 Å². The Hall–Kier alpha value is -1.80. The maximum absolute atomic E-state index is 13.5. The number of piperidine rings is 2. The van der Waals surface area contributed by atoms with Crippen molar-refractivity contribution in [1.29, 1.82) is 0 Å². The topological polar surface area (TPSA) is 60.9 Å². The number of aliphatic carboxylic acids is 1. The Balaban J connectivity index is 1.91. The van der Waals surface area contributed by atoms with Gasteiger partial charge in [0, 0.05) is 17.6 Å². The summed E-state index contributed by atoms with van der Waals surface area (Å²) in [6.07, 6.45) is -2.51. The first kappa shape index (κ1) is 22.9. The molecule has 2 aliphatic heterocycles. The molecule has 2 saturated heterocycles. The van der Waals surface area contributed by atoms with Crippen molar-refractivity contribution >= 4 is 23.5 Å². The second-order valence-electron chi connectivity index (χ2n) is 8.60. The number of nitrogens with zero attached hydrogens (tertiary/aromatic N) is 2. The van der Waals surface area contributed by atoms with Crippen LogP contribution in [0.15, 0.2) is 24.3 Å². The van der Waals surface area contributed by atoms with Gasteiger partial charge in [0.15, 0.2) is 0 Å². The lowest BCUT2D eigenvalue weighted by molar-refractivity contribution is -0.164. The highest BCUT2D eigenvalue weighted by Gasteiger charge is 2.48. The Morgan fingerprint density at radius 3 is 2.53 bits per heavy atom. The average Bonchev–Trinajstić information content (AvgIpc) is 2.63. The molecule has 1 amide bonds. The van der Waals surface area contributed by atoms with E-state index in [2.05, 4.69) is 0 Å². The van der Waals surface area contributed by atoms with Crippen LogP contribution < -0.4 is 0 Å². The van der Waals surface area contributed by atoms with E-state index >= 15 is 0 Å². The van der Waals surface area contributed by atoms with E-state index in [9.17, 15) is 27.9 Å². The summed E-state index contributed by atoms with van der Waals surface area (Å²) < 4.78 is 38.8. The van der Waals surface area contributed by atoms with Gasteiger partial charge in [0.2, 0.25) is 5.91 Å². The number of benzene rings is 1. The Kier molecular flexibility index (Phi) is 6.67. The number of halogens is 4. The summed E-state index contributed by atoms with van der Waals surface area (Å²) in [4.78, 5) is 27.9. The third-order valence-electron chi connectivity index (χ3n) is 6.13. The predicted molar refractivity (Wildman–Crippen MR) is 106 cm³/mol. The van der Waals surface area contributed by atoms with E-state index in [-0.39, 0.29) is 24.9 Å². The maximum Gasteiger partial charge on any atom is 0.401 e. The molecule has 0 bridgehead atoms. The summed E-state index contributed by atoms with van der Waals surface area (Å²) in [5.41, 5.74) is -0.209. The molecular weight excluding hydrogens is 421 g/mol. The van der Waals surface area contributed by atoms with E-state index in [1.54, 1.807) is 24.0 Å². The van der Waals surface area contributed by atoms with Crippen molar-refractivity contribution < 1.29 is 27.9 Å². The van der Waals surface area contributed by atoms with Crippen molar-refractivity contribution in [2.75, 3.05) is 19.6 Å². The lowest BCUT2D eigenvalue weighted by Gasteiger charge is -2.50. The normalized spacial score (nSPS) is 28.6. The number of carboxylic acid groups (broad SMARTS) is 1. The maximum atomic E-state index is 13.5. The molecule has 1 aromatic rings. The zero-order chi connectivity index (χ0) is 22.1. The molecule has 2 heterocycles. The minimum absolute atomic E-state index is 0.124. The molecule has 0 aromatic heterocycles. The number of rotatable bonds is 5. The van der Waals surface area contributed by atoms with Gasteiger partial charge < -0.3 is 10.0 Å². The predicted octanol–water partition coefficient (Wildman–Crippen LogP) is 4.51. The fourth-order valence-electron chi connectivity index (χ4n) is 4.74. The summed E-state index contributed by atoms with van der Waals surface area (Å²) in [7, 11) is 0. The number of carbonyl (C=O) groups is 2. The molecule has 3 rings (SSSR count). The zero-order valence-electron chi connectivity index (χ0n) is 16.8. The fourth-order valence-corrected chi connectivity index (χ4v) is 4.87. The summed E-state index contributed by atoms with van der Waals surface area (Å²) in [6.45, 7) is 1.09. The molecule has 1 unspecified atom stereocenters. The molecule has 1 aromatic carbocycles. The average molecular weight is 447 g/mol. The molecule has 0 saturated carbocycles. The minimum Gasteiger partial charge on any atom is -0.481 e. The molecule has 30 heavy (non-hydrogen) atoms. The van der Waals surface area contributed by atoms with Crippen LogP contribution in [0.4, 0.5) is 13.2 Å². The van der Waals surface area contributed by atoms with E-state index in [4.69, 9.17) is 11.6 Å². The third-order valence-corrected chi connectivity index (χ3v) is 6.38. The quantitative estimate of drug-likeness (QED) is 0.722. The van der Waals surface area contributed by atoms with Crippen molar-refractivity contribution in [3.63, 3.8) is 0 Å². The first-order chi connectivity index (χ1) is 14.0. The van der Waals surface area contributed by atoms with Gasteiger partial charge in [0.1, 0.15) is 0 Å². The number of likely N-dealkylation sites (tertiary alicyclic amines) is 2. The largest absolute Gasteiger partial charge is 0.481 e. The lowest BCUT2D eigenvalue weighted by Crippen LogP contribution is -2.58. The highest BCUT2D eigenvalue weighted by molar-refractivity contribution is 6.30. The molecule has 9 heteroatoms. The number of carbonyl (C=O) groups excluding carboxylic acids is 1. The monoisotopic (exact) mass is 446 g/mol. The van der Waals surface area contributed by atoms with Gasteiger partial charge in [-0.3, -0.25) is 14.5 Å². The van der Waals surface area contributed by atoms with Crippen molar-refractivity contribution in [3.05, 3.63) is 34.9 Å². The highest BCUT2D eigenvalue weighted by Crippen LogP contribution is 2.45. The second-order valence-corrected chi connectivity index (χ2v) is 9.03. The fraction of sp³-hybridized carbons (Fsp3) is 0.619. The van der Waals surface area contributed by atoms with Crippen LogP contribution in [0.3, 0.4) is 0 Å². The van der Waals surface area contributed by atoms with Crippen molar-refractivity contribution in [2.24, 2.45) is 5.41 Å². The van der Waals surface area contributed by atoms with E-state index in [0.717, 1.165) is 5.56 Å². The molecule has 3 atom stereocenters. The van der Waals surface area contributed by atoms with Crippen LogP contribution in [0, 0.1) is 5.41 Å². The standard InChI is InChI=1S/C21H26ClF3N2O3/c1-20(11-18(28)29)9-8-17(14-4-6-15(22)7-5-14)27(19(20)30)16-3-2-10-26(12-16)13-21(23,24)25/h4-7,16-17H,2-3,8-13H2,1H3,(H,28,29)/t16-,17?,20+/m0/s1. The lowest BCUT2D eigenvalue weighted by atomic mass is 9.74. The molecular formula is C21H26ClF3N2O3. The van der Waals surface area contributed by atoms with Crippen molar-refractivity contribution in [1.82, 2.24) is 9.80 Å². The van der Waals surface area contributed by atoms with E-state index < -0.39 is 30.1 Å². The van der Waals surface area contributed by atoms with Gasteiger partial charge in [-0.05, 0) is 49.9 Å². The van der Waals surface area contributed by atoms with Crippen molar-refractivity contribution in [3.8, 4) is 0 Å².